The number of hydrogen-bond acceptors (Lipinski definition) is 4. The lowest BCUT2D eigenvalue weighted by Gasteiger charge is -2.21. The highest BCUT2D eigenvalue weighted by atomic mass is 16.5. The zero-order chi connectivity index (χ0) is 11.8. The molecule has 1 saturated heterocycles. The van der Waals surface area contributed by atoms with Gasteiger partial charge in [0.25, 0.3) is 0 Å². The van der Waals surface area contributed by atoms with E-state index in [1.807, 2.05) is 0 Å². The Morgan fingerprint density at radius 1 is 1.50 bits per heavy atom. The first-order chi connectivity index (χ1) is 7.74. The largest absolute Gasteiger partial charge is 0.466 e. The molecule has 0 aromatic rings. The van der Waals surface area contributed by atoms with Crippen molar-refractivity contribution >= 4 is 11.9 Å². The predicted octanol–water partition coefficient (Wildman–Crippen LogP) is 0.482. The average molecular weight is 229 g/mol. The summed E-state index contributed by atoms with van der Waals surface area (Å²) in [5.41, 5.74) is 0. The summed E-state index contributed by atoms with van der Waals surface area (Å²) in [5, 5.41) is 2.72. The first-order valence-electron chi connectivity index (χ1n) is 5.75. The van der Waals surface area contributed by atoms with Crippen LogP contribution in [0.1, 0.15) is 26.2 Å². The third-order valence-corrected chi connectivity index (χ3v) is 2.46. The maximum Gasteiger partial charge on any atom is 0.307 e. The summed E-state index contributed by atoms with van der Waals surface area (Å²) in [6.07, 6.45) is 2.02. The highest BCUT2D eigenvalue weighted by Gasteiger charge is 2.21. The van der Waals surface area contributed by atoms with Crippen molar-refractivity contribution in [3.8, 4) is 0 Å². The SMILES string of the molecule is CCOC(=O)CCNC(=O)C1CCCOC1. The second-order valence-electron chi connectivity index (χ2n) is 3.76. The van der Waals surface area contributed by atoms with Gasteiger partial charge in [-0.1, -0.05) is 0 Å². The number of amides is 1. The van der Waals surface area contributed by atoms with Crippen LogP contribution in [0.25, 0.3) is 0 Å². The van der Waals surface area contributed by atoms with Crippen LogP contribution in [0.15, 0.2) is 0 Å². The van der Waals surface area contributed by atoms with Crippen molar-refractivity contribution in [2.75, 3.05) is 26.4 Å². The molecular formula is C11H19NO4. The molecule has 0 radical (unpaired) electrons. The summed E-state index contributed by atoms with van der Waals surface area (Å²) in [5.74, 6) is -0.359. The Balaban J connectivity index is 2.12. The fourth-order valence-corrected chi connectivity index (χ4v) is 1.61. The molecule has 16 heavy (non-hydrogen) atoms. The molecule has 1 amide bonds. The number of rotatable bonds is 5. The van der Waals surface area contributed by atoms with E-state index >= 15 is 0 Å². The summed E-state index contributed by atoms with van der Waals surface area (Å²) >= 11 is 0. The first kappa shape index (κ1) is 13.0. The van der Waals surface area contributed by atoms with Crippen molar-refractivity contribution < 1.29 is 19.1 Å². The van der Waals surface area contributed by atoms with Crippen LogP contribution < -0.4 is 5.32 Å². The van der Waals surface area contributed by atoms with Crippen LogP contribution in [0.5, 0.6) is 0 Å². The summed E-state index contributed by atoms with van der Waals surface area (Å²) in [4.78, 5) is 22.6. The Kier molecular flexibility index (Phi) is 5.85. The molecule has 1 atom stereocenters. The van der Waals surface area contributed by atoms with Gasteiger partial charge < -0.3 is 14.8 Å². The van der Waals surface area contributed by atoms with Gasteiger partial charge in [0.2, 0.25) is 5.91 Å². The molecule has 5 nitrogen and oxygen atoms in total. The molecule has 0 aliphatic carbocycles. The molecule has 0 spiro atoms. The maximum atomic E-state index is 11.6. The van der Waals surface area contributed by atoms with E-state index in [9.17, 15) is 9.59 Å². The topological polar surface area (TPSA) is 64.6 Å². The van der Waals surface area contributed by atoms with Gasteiger partial charge in [0.05, 0.1) is 25.6 Å². The highest BCUT2D eigenvalue weighted by Crippen LogP contribution is 2.13. The number of carbonyl (C=O) groups excluding carboxylic acids is 2. The lowest BCUT2D eigenvalue weighted by atomic mass is 10.0. The molecule has 0 aromatic carbocycles. The lowest BCUT2D eigenvalue weighted by molar-refractivity contribution is -0.143. The van der Waals surface area contributed by atoms with E-state index in [0.29, 0.717) is 19.8 Å². The molecule has 1 aliphatic rings. The molecule has 1 N–H and O–H groups in total. The monoisotopic (exact) mass is 229 g/mol. The zero-order valence-electron chi connectivity index (χ0n) is 9.66. The number of esters is 1. The minimum Gasteiger partial charge on any atom is -0.466 e. The molecule has 0 saturated carbocycles. The van der Waals surface area contributed by atoms with Gasteiger partial charge in [-0.3, -0.25) is 9.59 Å². The van der Waals surface area contributed by atoms with Gasteiger partial charge in [0.1, 0.15) is 0 Å². The standard InChI is InChI=1S/C11H19NO4/c1-2-16-10(13)5-6-12-11(14)9-4-3-7-15-8-9/h9H,2-8H2,1H3,(H,12,14). The first-order valence-corrected chi connectivity index (χ1v) is 5.75. The van der Waals surface area contributed by atoms with E-state index in [0.717, 1.165) is 19.4 Å². The van der Waals surface area contributed by atoms with E-state index in [1.54, 1.807) is 6.92 Å². The molecule has 1 unspecified atom stereocenters. The quantitative estimate of drug-likeness (QED) is 0.696. The molecule has 1 aliphatic heterocycles. The van der Waals surface area contributed by atoms with Crippen LogP contribution in [0.3, 0.4) is 0 Å². The molecule has 1 fully saturated rings. The van der Waals surface area contributed by atoms with Crippen molar-refractivity contribution in [3.05, 3.63) is 0 Å². The maximum absolute atomic E-state index is 11.6. The van der Waals surface area contributed by atoms with Gasteiger partial charge in [-0.15, -0.1) is 0 Å². The van der Waals surface area contributed by atoms with Crippen LogP contribution >= 0.6 is 0 Å². The third kappa shape index (κ3) is 4.61. The fourth-order valence-electron chi connectivity index (χ4n) is 1.61. The summed E-state index contributed by atoms with van der Waals surface area (Å²) in [7, 11) is 0. The predicted molar refractivity (Wildman–Crippen MR) is 57.8 cm³/mol. The van der Waals surface area contributed by atoms with E-state index < -0.39 is 0 Å². The molecule has 5 heteroatoms. The number of carbonyl (C=O) groups is 2. The Labute approximate surface area is 95.5 Å². The summed E-state index contributed by atoms with van der Waals surface area (Å²) in [6.45, 7) is 3.71. The third-order valence-electron chi connectivity index (χ3n) is 2.46. The molecule has 0 bridgehead atoms. The molecule has 1 heterocycles. The number of hydrogen-bond donors (Lipinski definition) is 1. The summed E-state index contributed by atoms with van der Waals surface area (Å²) in [6, 6.07) is 0. The lowest BCUT2D eigenvalue weighted by Crippen LogP contribution is -2.36. The molecular weight excluding hydrogens is 210 g/mol. The minimum atomic E-state index is -0.275. The normalized spacial score (nSPS) is 20.2. The van der Waals surface area contributed by atoms with Gasteiger partial charge >= 0.3 is 5.97 Å². The fraction of sp³-hybridized carbons (Fsp3) is 0.818. The highest BCUT2D eigenvalue weighted by molar-refractivity contribution is 5.79. The van der Waals surface area contributed by atoms with Crippen molar-refractivity contribution in [1.29, 1.82) is 0 Å². The Hall–Kier alpha value is -1.10. The molecule has 1 rings (SSSR count). The number of nitrogens with one attached hydrogen (secondary N) is 1. The van der Waals surface area contributed by atoms with Crippen LogP contribution in [0.2, 0.25) is 0 Å². The van der Waals surface area contributed by atoms with Crippen molar-refractivity contribution in [2.45, 2.75) is 26.2 Å². The van der Waals surface area contributed by atoms with Gasteiger partial charge in [-0.05, 0) is 19.8 Å². The number of ether oxygens (including phenoxy) is 2. The Morgan fingerprint density at radius 2 is 2.31 bits per heavy atom. The Bertz CT molecular complexity index is 236. The molecule has 0 aromatic heterocycles. The van der Waals surface area contributed by atoms with E-state index in [-0.39, 0.29) is 24.2 Å². The smallest absolute Gasteiger partial charge is 0.307 e. The second-order valence-corrected chi connectivity index (χ2v) is 3.76. The van der Waals surface area contributed by atoms with Crippen molar-refractivity contribution in [2.24, 2.45) is 5.92 Å². The van der Waals surface area contributed by atoms with Gasteiger partial charge in [0, 0.05) is 13.2 Å². The van der Waals surface area contributed by atoms with Crippen molar-refractivity contribution in [3.63, 3.8) is 0 Å². The van der Waals surface area contributed by atoms with E-state index in [4.69, 9.17) is 9.47 Å². The average Bonchev–Trinajstić information content (AvgIpc) is 2.30. The van der Waals surface area contributed by atoms with Gasteiger partial charge in [0.15, 0.2) is 0 Å². The minimum absolute atomic E-state index is 0.0241. The van der Waals surface area contributed by atoms with Crippen LogP contribution in [-0.2, 0) is 19.1 Å². The van der Waals surface area contributed by atoms with Crippen LogP contribution in [0.4, 0.5) is 0 Å². The van der Waals surface area contributed by atoms with Gasteiger partial charge in [-0.25, -0.2) is 0 Å². The van der Waals surface area contributed by atoms with E-state index in [2.05, 4.69) is 5.32 Å². The Morgan fingerprint density at radius 3 is 2.94 bits per heavy atom. The van der Waals surface area contributed by atoms with Crippen molar-refractivity contribution in [1.82, 2.24) is 5.32 Å². The van der Waals surface area contributed by atoms with E-state index in [1.165, 1.54) is 0 Å². The van der Waals surface area contributed by atoms with Gasteiger partial charge in [-0.2, -0.15) is 0 Å². The molecule has 92 valence electrons. The van der Waals surface area contributed by atoms with Crippen LogP contribution in [-0.4, -0.2) is 38.2 Å². The zero-order valence-corrected chi connectivity index (χ0v) is 9.66. The summed E-state index contributed by atoms with van der Waals surface area (Å²) < 4.78 is 9.97. The van der Waals surface area contributed by atoms with Crippen LogP contribution in [0, 0.1) is 5.92 Å². The second kappa shape index (κ2) is 7.22.